The highest BCUT2D eigenvalue weighted by atomic mass is 32.1. The van der Waals surface area contributed by atoms with E-state index < -0.39 is 0 Å². The number of fused-ring (bicyclic) bond motifs is 1. The molecule has 2 aromatic rings. The summed E-state index contributed by atoms with van der Waals surface area (Å²) in [5, 5.41) is 5.01. The van der Waals surface area contributed by atoms with Gasteiger partial charge in [0.1, 0.15) is 0 Å². The summed E-state index contributed by atoms with van der Waals surface area (Å²) in [7, 11) is 0. The van der Waals surface area contributed by atoms with Gasteiger partial charge in [0.05, 0.1) is 0 Å². The van der Waals surface area contributed by atoms with E-state index in [-0.39, 0.29) is 29.9 Å². The van der Waals surface area contributed by atoms with E-state index in [2.05, 4.69) is 5.32 Å². The van der Waals surface area contributed by atoms with Crippen molar-refractivity contribution in [2.45, 2.75) is 19.3 Å². The Balaban J connectivity index is 1.14. The molecule has 1 spiro atoms. The van der Waals surface area contributed by atoms with Gasteiger partial charge in [-0.1, -0.05) is 6.07 Å². The van der Waals surface area contributed by atoms with E-state index in [1.165, 1.54) is 0 Å². The summed E-state index contributed by atoms with van der Waals surface area (Å²) in [5.74, 6) is 1.50. The minimum absolute atomic E-state index is 0.0202. The Kier molecular flexibility index (Phi) is 4.54. The van der Waals surface area contributed by atoms with Gasteiger partial charge in [0.15, 0.2) is 11.5 Å². The van der Waals surface area contributed by atoms with E-state index in [0.717, 1.165) is 29.8 Å². The van der Waals surface area contributed by atoms with Gasteiger partial charge in [-0.15, -0.1) is 11.3 Å². The number of carbonyl (C=O) groups excluding carboxylic acids is 2. The molecule has 150 valence electrons. The van der Waals surface area contributed by atoms with Gasteiger partial charge in [0, 0.05) is 41.7 Å². The quantitative estimate of drug-likeness (QED) is 0.780. The third-order valence-corrected chi connectivity index (χ3v) is 6.99. The summed E-state index contributed by atoms with van der Waals surface area (Å²) < 4.78 is 10.7. The third kappa shape index (κ3) is 3.62. The summed E-state index contributed by atoms with van der Waals surface area (Å²) >= 11 is 1.62. The molecule has 1 unspecified atom stereocenters. The Morgan fingerprint density at radius 3 is 2.79 bits per heavy atom. The summed E-state index contributed by atoms with van der Waals surface area (Å²) in [5.41, 5.74) is 0.780. The molecule has 0 radical (unpaired) electrons. The minimum atomic E-state index is 0.0202. The fourth-order valence-corrected chi connectivity index (χ4v) is 4.91. The van der Waals surface area contributed by atoms with Crippen LogP contribution in [0, 0.1) is 11.3 Å². The lowest BCUT2D eigenvalue weighted by Crippen LogP contribution is -2.39. The maximum Gasteiger partial charge on any atom is 0.246 e. The number of nitrogens with zero attached hydrogens (tertiary/aromatic N) is 1. The smallest absolute Gasteiger partial charge is 0.246 e. The highest BCUT2D eigenvalue weighted by Crippen LogP contribution is 2.59. The maximum atomic E-state index is 12.7. The molecule has 7 heteroatoms. The Hall–Kier alpha value is -2.80. The van der Waals surface area contributed by atoms with E-state index >= 15 is 0 Å². The number of hydrogen-bond donors (Lipinski definition) is 1. The van der Waals surface area contributed by atoms with Gasteiger partial charge in [-0.05, 0) is 54.3 Å². The lowest BCUT2D eigenvalue weighted by molar-refractivity contribution is -0.127. The topological polar surface area (TPSA) is 67.9 Å². The van der Waals surface area contributed by atoms with Crippen LogP contribution in [0.15, 0.2) is 41.8 Å². The van der Waals surface area contributed by atoms with Crippen molar-refractivity contribution in [2.24, 2.45) is 11.3 Å². The van der Waals surface area contributed by atoms with Crippen molar-refractivity contribution in [1.29, 1.82) is 0 Å². The average molecular weight is 410 g/mol. The van der Waals surface area contributed by atoms with Crippen LogP contribution in [0.5, 0.6) is 11.5 Å². The second kappa shape index (κ2) is 7.22. The molecule has 1 aromatic heterocycles. The van der Waals surface area contributed by atoms with E-state index in [4.69, 9.17) is 9.47 Å². The van der Waals surface area contributed by atoms with E-state index in [1.54, 1.807) is 23.5 Å². The van der Waals surface area contributed by atoms with Crippen molar-refractivity contribution in [3.63, 3.8) is 0 Å². The van der Waals surface area contributed by atoms with Crippen molar-refractivity contribution in [2.75, 3.05) is 25.2 Å². The zero-order chi connectivity index (χ0) is 19.8. The van der Waals surface area contributed by atoms with E-state index in [1.807, 2.05) is 40.6 Å². The second-order valence-corrected chi connectivity index (χ2v) is 8.83. The molecule has 2 fully saturated rings. The van der Waals surface area contributed by atoms with Crippen molar-refractivity contribution in [3.8, 4) is 11.5 Å². The number of hydrogen-bond acceptors (Lipinski definition) is 5. The predicted molar refractivity (Wildman–Crippen MR) is 111 cm³/mol. The fourth-order valence-electron chi connectivity index (χ4n) is 4.29. The molecule has 2 aliphatic heterocycles. The molecule has 6 nitrogen and oxygen atoms in total. The Labute approximate surface area is 173 Å². The van der Waals surface area contributed by atoms with E-state index in [0.29, 0.717) is 24.6 Å². The molecule has 5 rings (SSSR count). The highest BCUT2D eigenvalue weighted by Gasteiger charge is 2.58. The van der Waals surface area contributed by atoms with Crippen LogP contribution in [0.1, 0.15) is 24.1 Å². The largest absolute Gasteiger partial charge is 0.454 e. The standard InChI is InChI=1S/C22H22N2O4S/c25-20(6-4-16-2-1-11-29-16)24-9-7-22(8-10-24)13-17(22)21(26)23-15-3-5-18-19(12-15)28-14-27-18/h1-6,11-12,17H,7-10,13-14H2,(H,23,26)/b6-4+. The van der Waals surface area contributed by atoms with Gasteiger partial charge >= 0.3 is 0 Å². The van der Waals surface area contributed by atoms with Gasteiger partial charge < -0.3 is 19.7 Å². The van der Waals surface area contributed by atoms with Crippen LogP contribution in [0.3, 0.4) is 0 Å². The molecule has 2 amide bonds. The van der Waals surface area contributed by atoms with Gasteiger partial charge in [-0.25, -0.2) is 0 Å². The number of amides is 2. The van der Waals surface area contributed by atoms with Crippen molar-refractivity contribution < 1.29 is 19.1 Å². The molecule has 1 N–H and O–H groups in total. The van der Waals surface area contributed by atoms with Crippen molar-refractivity contribution >= 4 is 34.9 Å². The molecule has 1 saturated carbocycles. The molecule has 1 atom stereocenters. The summed E-state index contributed by atoms with van der Waals surface area (Å²) in [6.07, 6.45) is 6.18. The average Bonchev–Trinajstić information content (AvgIpc) is 3.09. The minimum Gasteiger partial charge on any atom is -0.454 e. The molecule has 3 heterocycles. The summed E-state index contributed by atoms with van der Waals surface area (Å²) in [4.78, 5) is 28.1. The zero-order valence-corrected chi connectivity index (χ0v) is 16.7. The maximum absolute atomic E-state index is 12.7. The van der Waals surface area contributed by atoms with Gasteiger partial charge in [0.25, 0.3) is 0 Å². The molecule has 3 aliphatic rings. The number of anilines is 1. The number of rotatable bonds is 4. The van der Waals surface area contributed by atoms with Crippen LogP contribution in [-0.4, -0.2) is 36.6 Å². The number of ether oxygens (including phenoxy) is 2. The molecule has 1 saturated heterocycles. The molecular weight excluding hydrogens is 388 g/mol. The molecule has 0 bridgehead atoms. The molecule has 29 heavy (non-hydrogen) atoms. The van der Waals surface area contributed by atoms with Crippen LogP contribution >= 0.6 is 11.3 Å². The SMILES string of the molecule is O=C(Nc1ccc2c(c1)OCO2)C1CC12CCN(C(=O)/C=C/c1cccs1)CC2. The van der Waals surface area contributed by atoms with E-state index in [9.17, 15) is 9.59 Å². The van der Waals surface area contributed by atoms with Gasteiger partial charge in [-0.2, -0.15) is 0 Å². The van der Waals surface area contributed by atoms with Crippen molar-refractivity contribution in [1.82, 2.24) is 4.90 Å². The Morgan fingerprint density at radius 1 is 1.17 bits per heavy atom. The Morgan fingerprint density at radius 2 is 2.00 bits per heavy atom. The number of thiophene rings is 1. The molecular formula is C22H22N2O4S. The Bertz CT molecular complexity index is 961. The summed E-state index contributed by atoms with van der Waals surface area (Å²) in [6, 6.07) is 9.42. The lowest BCUT2D eigenvalue weighted by Gasteiger charge is -2.32. The first kappa shape index (κ1) is 18.2. The fraction of sp³-hybridized carbons (Fsp3) is 0.364. The first-order valence-electron chi connectivity index (χ1n) is 9.84. The molecule has 1 aliphatic carbocycles. The number of likely N-dealkylation sites (tertiary alicyclic amines) is 1. The number of carbonyl (C=O) groups is 2. The lowest BCUT2D eigenvalue weighted by atomic mass is 9.90. The second-order valence-electron chi connectivity index (χ2n) is 7.85. The monoisotopic (exact) mass is 410 g/mol. The van der Waals surface area contributed by atoms with Crippen LogP contribution in [0.25, 0.3) is 6.08 Å². The number of nitrogens with one attached hydrogen (secondary N) is 1. The van der Waals surface area contributed by atoms with Gasteiger partial charge in [0.2, 0.25) is 18.6 Å². The number of benzene rings is 1. The van der Waals surface area contributed by atoms with Crippen LogP contribution in [-0.2, 0) is 9.59 Å². The van der Waals surface area contributed by atoms with Gasteiger partial charge in [-0.3, -0.25) is 9.59 Å². The first-order chi connectivity index (χ1) is 14.1. The van der Waals surface area contributed by atoms with Crippen LogP contribution < -0.4 is 14.8 Å². The highest BCUT2D eigenvalue weighted by molar-refractivity contribution is 7.10. The third-order valence-electron chi connectivity index (χ3n) is 6.15. The van der Waals surface area contributed by atoms with Crippen LogP contribution in [0.2, 0.25) is 0 Å². The van der Waals surface area contributed by atoms with Crippen molar-refractivity contribution in [3.05, 3.63) is 46.7 Å². The summed E-state index contributed by atoms with van der Waals surface area (Å²) in [6.45, 7) is 1.64. The van der Waals surface area contributed by atoms with Crippen LogP contribution in [0.4, 0.5) is 5.69 Å². The predicted octanol–water partition coefficient (Wildman–Crippen LogP) is 3.76. The number of piperidine rings is 1. The first-order valence-corrected chi connectivity index (χ1v) is 10.7. The zero-order valence-electron chi connectivity index (χ0n) is 15.9. The molecule has 1 aromatic carbocycles. The normalized spacial score (nSPS) is 21.5.